The number of carbonyl (C=O) groups excluding carboxylic acids is 2. The number of hydrogen-bond donors (Lipinski definition) is 3. The number of aliphatic hydroxyl groups excluding tert-OH is 1. The summed E-state index contributed by atoms with van der Waals surface area (Å²) in [6, 6.07) is 3.17. The van der Waals surface area contributed by atoms with Gasteiger partial charge in [0, 0.05) is 6.20 Å². The topological polar surface area (TPSA) is 101 Å². The van der Waals surface area contributed by atoms with Crippen molar-refractivity contribution >= 4 is 17.5 Å². The van der Waals surface area contributed by atoms with Gasteiger partial charge in [0.25, 0.3) is 0 Å². The zero-order chi connectivity index (χ0) is 14.5. The molecule has 0 saturated carbocycles. The third-order valence-corrected chi connectivity index (χ3v) is 2.27. The van der Waals surface area contributed by atoms with Gasteiger partial charge < -0.3 is 20.5 Å². The van der Waals surface area contributed by atoms with Crippen molar-refractivity contribution in [2.24, 2.45) is 0 Å². The first-order valence-electron chi connectivity index (χ1n) is 5.63. The third kappa shape index (κ3) is 4.22. The highest BCUT2D eigenvalue weighted by molar-refractivity contribution is 6.39. The van der Waals surface area contributed by atoms with Crippen LogP contribution in [0, 0.1) is 0 Å². The van der Waals surface area contributed by atoms with E-state index < -0.39 is 17.4 Å². The van der Waals surface area contributed by atoms with Gasteiger partial charge in [-0.25, -0.2) is 4.98 Å². The highest BCUT2D eigenvalue weighted by atomic mass is 16.5. The van der Waals surface area contributed by atoms with Gasteiger partial charge in [0.1, 0.15) is 5.69 Å². The van der Waals surface area contributed by atoms with E-state index in [1.54, 1.807) is 26.0 Å². The Morgan fingerprint density at radius 2 is 2.11 bits per heavy atom. The lowest BCUT2D eigenvalue weighted by atomic mass is 10.1. The van der Waals surface area contributed by atoms with Crippen molar-refractivity contribution in [1.82, 2.24) is 10.3 Å². The average Bonchev–Trinajstić information content (AvgIpc) is 2.38. The normalized spacial score (nSPS) is 10.7. The molecule has 104 valence electrons. The third-order valence-electron chi connectivity index (χ3n) is 2.27. The lowest BCUT2D eigenvalue weighted by Crippen LogP contribution is -2.50. The number of nitrogens with one attached hydrogen (secondary N) is 2. The zero-order valence-corrected chi connectivity index (χ0v) is 11.1. The Morgan fingerprint density at radius 1 is 1.42 bits per heavy atom. The first kappa shape index (κ1) is 14.9. The zero-order valence-electron chi connectivity index (χ0n) is 11.1. The van der Waals surface area contributed by atoms with Crippen LogP contribution in [0.15, 0.2) is 18.3 Å². The maximum atomic E-state index is 11.7. The van der Waals surface area contributed by atoms with Crippen molar-refractivity contribution in [3.63, 3.8) is 0 Å². The van der Waals surface area contributed by atoms with Gasteiger partial charge in [-0.3, -0.25) is 9.59 Å². The number of rotatable bonds is 4. The summed E-state index contributed by atoms with van der Waals surface area (Å²) in [5.41, 5.74) is -0.570. The summed E-state index contributed by atoms with van der Waals surface area (Å²) in [6.45, 7) is 2.92. The van der Waals surface area contributed by atoms with Crippen LogP contribution in [0.25, 0.3) is 0 Å². The van der Waals surface area contributed by atoms with Crippen LogP contribution in [0.5, 0.6) is 5.88 Å². The molecule has 0 radical (unpaired) electrons. The summed E-state index contributed by atoms with van der Waals surface area (Å²) in [5.74, 6) is -1.48. The standard InChI is InChI=1S/C12H17N3O4/c1-12(2,7-16)15-10(18)9(17)14-8-5-4-6-13-11(8)19-3/h4-6,16H,7H2,1-3H3,(H,14,17)(H,15,18). The molecular formula is C12H17N3O4. The summed E-state index contributed by atoms with van der Waals surface area (Å²) in [5, 5.41) is 13.8. The maximum absolute atomic E-state index is 11.7. The minimum absolute atomic E-state index is 0.213. The van der Waals surface area contributed by atoms with E-state index in [0.717, 1.165) is 0 Å². The predicted molar refractivity (Wildman–Crippen MR) is 68.7 cm³/mol. The number of aliphatic hydroxyl groups is 1. The monoisotopic (exact) mass is 267 g/mol. The smallest absolute Gasteiger partial charge is 0.313 e. The summed E-state index contributed by atoms with van der Waals surface area (Å²) < 4.78 is 4.95. The van der Waals surface area contributed by atoms with Crippen LogP contribution in [-0.2, 0) is 9.59 Å². The van der Waals surface area contributed by atoms with Gasteiger partial charge in [0.2, 0.25) is 5.88 Å². The van der Waals surface area contributed by atoms with Crippen molar-refractivity contribution in [3.8, 4) is 5.88 Å². The molecule has 0 saturated heterocycles. The molecule has 0 unspecified atom stereocenters. The molecule has 1 heterocycles. The van der Waals surface area contributed by atoms with Crippen LogP contribution in [0.2, 0.25) is 0 Å². The molecule has 0 aliphatic carbocycles. The number of amides is 2. The Hall–Kier alpha value is -2.15. The first-order valence-corrected chi connectivity index (χ1v) is 5.63. The second-order valence-corrected chi connectivity index (χ2v) is 4.51. The second kappa shape index (κ2) is 6.14. The van der Waals surface area contributed by atoms with Crippen molar-refractivity contribution in [1.29, 1.82) is 0 Å². The van der Waals surface area contributed by atoms with Crippen LogP contribution in [0.1, 0.15) is 13.8 Å². The fourth-order valence-corrected chi connectivity index (χ4v) is 1.23. The lowest BCUT2D eigenvalue weighted by molar-refractivity contribution is -0.137. The Bertz CT molecular complexity index is 474. The number of carbonyl (C=O) groups is 2. The van der Waals surface area contributed by atoms with Crippen LogP contribution in [0.3, 0.4) is 0 Å². The van der Waals surface area contributed by atoms with Crippen molar-refractivity contribution in [2.75, 3.05) is 19.0 Å². The summed E-state index contributed by atoms with van der Waals surface area (Å²) >= 11 is 0. The van der Waals surface area contributed by atoms with E-state index in [2.05, 4.69) is 15.6 Å². The molecule has 1 rings (SSSR count). The molecule has 7 nitrogen and oxygen atoms in total. The highest BCUT2D eigenvalue weighted by Gasteiger charge is 2.24. The molecule has 7 heteroatoms. The molecular weight excluding hydrogens is 250 g/mol. The fraction of sp³-hybridized carbons (Fsp3) is 0.417. The molecule has 0 atom stereocenters. The largest absolute Gasteiger partial charge is 0.480 e. The first-order chi connectivity index (χ1) is 8.89. The van der Waals surface area contributed by atoms with E-state index in [0.29, 0.717) is 5.69 Å². The van der Waals surface area contributed by atoms with Gasteiger partial charge in [-0.15, -0.1) is 0 Å². The average molecular weight is 267 g/mol. The molecule has 0 bridgehead atoms. The molecule has 0 aliphatic rings. The van der Waals surface area contributed by atoms with Gasteiger partial charge >= 0.3 is 11.8 Å². The van der Waals surface area contributed by atoms with Crippen molar-refractivity contribution < 1.29 is 19.4 Å². The number of ether oxygens (including phenoxy) is 1. The molecule has 0 spiro atoms. The van der Waals surface area contributed by atoms with Crippen LogP contribution in [0.4, 0.5) is 5.69 Å². The van der Waals surface area contributed by atoms with Crippen LogP contribution >= 0.6 is 0 Å². The Balaban J connectivity index is 2.72. The number of methoxy groups -OCH3 is 1. The van der Waals surface area contributed by atoms with Crippen molar-refractivity contribution in [3.05, 3.63) is 18.3 Å². The number of nitrogens with zero attached hydrogens (tertiary/aromatic N) is 1. The van der Waals surface area contributed by atoms with Gasteiger partial charge in [0.15, 0.2) is 0 Å². The molecule has 1 aromatic rings. The van der Waals surface area contributed by atoms with E-state index >= 15 is 0 Å². The van der Waals surface area contributed by atoms with Crippen molar-refractivity contribution in [2.45, 2.75) is 19.4 Å². The van der Waals surface area contributed by atoms with E-state index in [1.807, 2.05) is 0 Å². The highest BCUT2D eigenvalue weighted by Crippen LogP contribution is 2.19. The molecule has 0 aliphatic heterocycles. The SMILES string of the molecule is COc1ncccc1NC(=O)C(=O)NC(C)(C)CO. The number of hydrogen-bond acceptors (Lipinski definition) is 5. The molecule has 0 aromatic carbocycles. The van der Waals surface area contributed by atoms with Gasteiger partial charge in [0.05, 0.1) is 19.3 Å². The van der Waals surface area contributed by atoms with Crippen LogP contribution < -0.4 is 15.4 Å². The summed E-state index contributed by atoms with van der Waals surface area (Å²) in [4.78, 5) is 27.2. The molecule has 3 N–H and O–H groups in total. The molecule has 1 aromatic heterocycles. The van der Waals surface area contributed by atoms with E-state index in [-0.39, 0.29) is 12.5 Å². The Morgan fingerprint density at radius 3 is 2.68 bits per heavy atom. The van der Waals surface area contributed by atoms with E-state index in [9.17, 15) is 9.59 Å². The van der Waals surface area contributed by atoms with Crippen LogP contribution in [-0.4, -0.2) is 41.2 Å². The minimum atomic E-state index is -0.868. The van der Waals surface area contributed by atoms with E-state index in [4.69, 9.17) is 9.84 Å². The molecule has 19 heavy (non-hydrogen) atoms. The van der Waals surface area contributed by atoms with Gasteiger partial charge in [-0.05, 0) is 26.0 Å². The predicted octanol–water partition coefficient (Wildman–Crippen LogP) is -0.0842. The fourth-order valence-electron chi connectivity index (χ4n) is 1.23. The molecule has 2 amide bonds. The van der Waals surface area contributed by atoms with Gasteiger partial charge in [-0.1, -0.05) is 0 Å². The maximum Gasteiger partial charge on any atom is 0.313 e. The number of aromatic nitrogens is 1. The second-order valence-electron chi connectivity index (χ2n) is 4.51. The van der Waals surface area contributed by atoms with E-state index in [1.165, 1.54) is 13.3 Å². The Labute approximate surface area is 111 Å². The quantitative estimate of drug-likeness (QED) is 0.662. The Kier molecular flexibility index (Phi) is 4.82. The summed E-state index contributed by atoms with van der Waals surface area (Å²) in [6.07, 6.45) is 1.50. The summed E-state index contributed by atoms with van der Waals surface area (Å²) in [7, 11) is 1.41. The molecule has 0 fully saturated rings. The van der Waals surface area contributed by atoms with Gasteiger partial charge in [-0.2, -0.15) is 0 Å². The minimum Gasteiger partial charge on any atom is -0.480 e. The number of anilines is 1. The number of pyridine rings is 1. The lowest BCUT2D eigenvalue weighted by Gasteiger charge is -2.22.